The van der Waals surface area contributed by atoms with E-state index in [0.717, 1.165) is 9.37 Å². The molecule has 10 heavy (non-hydrogen) atoms. The molecule has 0 spiro atoms. The maximum Gasteiger partial charge on any atom is 0.0176 e. The second kappa shape index (κ2) is 3.30. The molecule has 0 saturated carbocycles. The highest BCUT2D eigenvalue weighted by atomic mass is 79.9. The summed E-state index contributed by atoms with van der Waals surface area (Å²) in [4.78, 5) is 1.16. The second-order valence-corrected chi connectivity index (χ2v) is 4.87. The van der Waals surface area contributed by atoms with Gasteiger partial charge in [0.25, 0.3) is 0 Å². The molecule has 0 fully saturated rings. The fraction of sp³-hybridized carbons (Fsp3) is 0.143. The van der Waals surface area contributed by atoms with E-state index < -0.39 is 10.7 Å². The molecule has 1 nitrogen and oxygen atoms in total. The van der Waals surface area contributed by atoms with E-state index in [1.54, 1.807) is 0 Å². The van der Waals surface area contributed by atoms with Gasteiger partial charge in [0.2, 0.25) is 0 Å². The van der Waals surface area contributed by atoms with Gasteiger partial charge in [0.15, 0.2) is 0 Å². The standard InChI is InChI=1S/C7H10BrNS/c1-10(9)7-4-2-6(8)3-5-7/h2-5,9H,10H2,1H3. The molecule has 0 bridgehead atoms. The van der Waals surface area contributed by atoms with E-state index in [1.807, 2.05) is 30.5 Å². The molecule has 0 aliphatic rings. The van der Waals surface area contributed by atoms with Crippen molar-refractivity contribution in [2.75, 3.05) is 6.26 Å². The van der Waals surface area contributed by atoms with E-state index >= 15 is 0 Å². The Kier molecular flexibility index (Phi) is 2.63. The summed E-state index contributed by atoms with van der Waals surface area (Å²) in [6.07, 6.45) is 1.97. The van der Waals surface area contributed by atoms with E-state index in [2.05, 4.69) is 15.9 Å². The highest BCUT2D eigenvalue weighted by molar-refractivity contribution is 9.10. The molecule has 0 unspecified atom stereocenters. The molecule has 0 radical (unpaired) electrons. The van der Waals surface area contributed by atoms with Crippen LogP contribution in [0.5, 0.6) is 0 Å². The molecule has 0 aliphatic heterocycles. The van der Waals surface area contributed by atoms with Crippen molar-refractivity contribution in [2.45, 2.75) is 4.90 Å². The predicted octanol–water partition coefficient (Wildman–Crippen LogP) is 2.28. The van der Waals surface area contributed by atoms with Gasteiger partial charge in [0.1, 0.15) is 0 Å². The summed E-state index contributed by atoms with van der Waals surface area (Å²) in [5.74, 6) is 0. The van der Waals surface area contributed by atoms with Gasteiger partial charge in [-0.05, 0) is 35.4 Å². The van der Waals surface area contributed by atoms with Gasteiger partial charge in [-0.2, -0.15) is 10.7 Å². The van der Waals surface area contributed by atoms with Crippen LogP contribution in [-0.4, -0.2) is 6.26 Å². The molecule has 0 atom stereocenters. The van der Waals surface area contributed by atoms with Gasteiger partial charge in [-0.3, -0.25) is 4.78 Å². The average Bonchev–Trinajstić information content (AvgIpc) is 1.88. The highest BCUT2D eigenvalue weighted by Gasteiger charge is 1.88. The first-order valence-electron chi connectivity index (χ1n) is 3.01. The minimum Gasteiger partial charge on any atom is -0.300 e. The van der Waals surface area contributed by atoms with Gasteiger partial charge >= 0.3 is 0 Å². The van der Waals surface area contributed by atoms with Gasteiger partial charge in [0.05, 0.1) is 0 Å². The Balaban J connectivity index is 3.00. The van der Waals surface area contributed by atoms with Crippen molar-refractivity contribution in [3.05, 3.63) is 28.7 Å². The SMILES string of the molecule is C[SH2](=N)c1ccc(Br)cc1. The number of rotatable bonds is 1. The first kappa shape index (κ1) is 7.95. The number of nitrogens with one attached hydrogen (secondary N) is 1. The molecule has 3 heteroatoms. The molecule has 0 aliphatic carbocycles. The third-order valence-corrected chi connectivity index (χ3v) is 3.01. The first-order valence-corrected chi connectivity index (χ1v) is 5.80. The molecule has 0 saturated heterocycles. The fourth-order valence-electron chi connectivity index (χ4n) is 0.700. The molecule has 1 N–H and O–H groups in total. The van der Waals surface area contributed by atoms with Crippen LogP contribution in [-0.2, 0) is 10.7 Å². The largest absolute Gasteiger partial charge is 0.300 e. The first-order chi connectivity index (χ1) is 4.70. The van der Waals surface area contributed by atoms with Crippen molar-refractivity contribution in [3.63, 3.8) is 0 Å². The molecular weight excluding hydrogens is 210 g/mol. The summed E-state index contributed by atoms with van der Waals surface area (Å²) in [6.45, 7) is 0. The van der Waals surface area contributed by atoms with E-state index in [0.29, 0.717) is 0 Å². The molecular formula is C7H10BrNS. The summed E-state index contributed by atoms with van der Waals surface area (Å²) in [5, 5.41) is 0. The molecule has 1 aromatic rings. The molecule has 1 aromatic carbocycles. The predicted molar refractivity (Wildman–Crippen MR) is 51.2 cm³/mol. The third kappa shape index (κ3) is 1.92. The van der Waals surface area contributed by atoms with Crippen LogP contribution in [0.4, 0.5) is 0 Å². The summed E-state index contributed by atoms with van der Waals surface area (Å²) >= 11 is 3.34. The summed E-state index contributed by atoms with van der Waals surface area (Å²) in [5.41, 5.74) is 0. The Hall–Kier alpha value is -0.150. The Morgan fingerprint density at radius 2 is 1.80 bits per heavy atom. The minimum atomic E-state index is -1.000. The zero-order valence-electron chi connectivity index (χ0n) is 5.69. The zero-order valence-corrected chi connectivity index (χ0v) is 8.27. The number of hydrogen-bond donors (Lipinski definition) is 1. The van der Waals surface area contributed by atoms with Crippen LogP contribution in [0.15, 0.2) is 33.6 Å². The minimum absolute atomic E-state index is 1.000. The number of benzene rings is 1. The summed E-state index contributed by atoms with van der Waals surface area (Å²) in [7, 11) is -1.000. The van der Waals surface area contributed by atoms with Gasteiger partial charge in [-0.15, -0.1) is 0 Å². The van der Waals surface area contributed by atoms with E-state index in [-0.39, 0.29) is 0 Å². The van der Waals surface area contributed by atoms with Gasteiger partial charge < -0.3 is 0 Å². The number of halogens is 1. The monoisotopic (exact) mass is 219 g/mol. The van der Waals surface area contributed by atoms with Crippen LogP contribution in [0.1, 0.15) is 0 Å². The molecule has 56 valence electrons. The van der Waals surface area contributed by atoms with Gasteiger partial charge in [-0.1, -0.05) is 15.9 Å². The molecule has 0 aromatic heterocycles. The van der Waals surface area contributed by atoms with Crippen LogP contribution in [0.25, 0.3) is 0 Å². The van der Waals surface area contributed by atoms with E-state index in [4.69, 9.17) is 4.78 Å². The topological polar surface area (TPSA) is 23.9 Å². The van der Waals surface area contributed by atoms with E-state index in [9.17, 15) is 0 Å². The Morgan fingerprint density at radius 1 is 1.30 bits per heavy atom. The van der Waals surface area contributed by atoms with Crippen LogP contribution in [0.2, 0.25) is 0 Å². The van der Waals surface area contributed by atoms with Crippen molar-refractivity contribution >= 4 is 26.6 Å². The quantitative estimate of drug-likeness (QED) is 0.750. The van der Waals surface area contributed by atoms with Crippen LogP contribution in [0.3, 0.4) is 0 Å². The maximum absolute atomic E-state index is 7.48. The summed E-state index contributed by atoms with van der Waals surface area (Å²) < 4.78 is 8.56. The second-order valence-electron chi connectivity index (χ2n) is 2.13. The van der Waals surface area contributed by atoms with Crippen LogP contribution < -0.4 is 0 Å². The van der Waals surface area contributed by atoms with Crippen molar-refractivity contribution in [1.82, 2.24) is 0 Å². The lowest BCUT2D eigenvalue weighted by molar-refractivity contribution is 1.41. The smallest absolute Gasteiger partial charge is 0.0176 e. The zero-order chi connectivity index (χ0) is 7.56. The molecule has 1 rings (SSSR count). The Bertz CT molecular complexity index is 242. The average molecular weight is 220 g/mol. The molecule has 0 amide bonds. The van der Waals surface area contributed by atoms with Crippen LogP contribution in [0, 0.1) is 4.78 Å². The van der Waals surface area contributed by atoms with E-state index in [1.165, 1.54) is 0 Å². The van der Waals surface area contributed by atoms with Crippen molar-refractivity contribution in [1.29, 1.82) is 4.78 Å². The Labute approximate surface area is 71.5 Å². The Morgan fingerprint density at radius 3 is 2.20 bits per heavy atom. The molecule has 0 heterocycles. The lowest BCUT2D eigenvalue weighted by atomic mass is 10.4. The lowest BCUT2D eigenvalue weighted by Crippen LogP contribution is -1.82. The number of hydrogen-bond acceptors (Lipinski definition) is 1. The van der Waals surface area contributed by atoms with Crippen LogP contribution >= 0.6 is 15.9 Å². The van der Waals surface area contributed by atoms with Crippen molar-refractivity contribution in [3.8, 4) is 0 Å². The summed E-state index contributed by atoms with van der Waals surface area (Å²) in [6, 6.07) is 7.98. The maximum atomic E-state index is 7.48. The highest BCUT2D eigenvalue weighted by Crippen LogP contribution is 2.12. The van der Waals surface area contributed by atoms with Gasteiger partial charge in [0, 0.05) is 4.47 Å². The fourth-order valence-corrected chi connectivity index (χ4v) is 1.63. The van der Waals surface area contributed by atoms with Crippen molar-refractivity contribution in [2.24, 2.45) is 0 Å². The van der Waals surface area contributed by atoms with Crippen molar-refractivity contribution < 1.29 is 0 Å². The lowest BCUT2D eigenvalue weighted by Gasteiger charge is -2.00. The normalized spacial score (nSPS) is 11.2. The van der Waals surface area contributed by atoms with Gasteiger partial charge in [-0.25, -0.2) is 0 Å². The third-order valence-electron chi connectivity index (χ3n) is 1.28.